The molecule has 2 aromatic carbocycles. The van der Waals surface area contributed by atoms with Crippen molar-refractivity contribution in [2.75, 3.05) is 18.9 Å². The summed E-state index contributed by atoms with van der Waals surface area (Å²) in [4.78, 5) is 22.5. The molecule has 0 aliphatic carbocycles. The number of nitrogens with zero attached hydrogens (tertiary/aromatic N) is 4. The number of amides is 1. The van der Waals surface area contributed by atoms with Gasteiger partial charge in [-0.2, -0.15) is 9.78 Å². The molecule has 1 aliphatic rings. The van der Waals surface area contributed by atoms with Crippen molar-refractivity contribution in [1.29, 1.82) is 0 Å². The Morgan fingerprint density at radius 3 is 2.81 bits per heavy atom. The van der Waals surface area contributed by atoms with Crippen LogP contribution >= 0.6 is 15.9 Å². The molecular formula is C23H21BrN6O2. The van der Waals surface area contributed by atoms with Gasteiger partial charge in [-0.3, -0.25) is 4.79 Å². The van der Waals surface area contributed by atoms with Gasteiger partial charge in [0, 0.05) is 17.6 Å². The maximum absolute atomic E-state index is 13.1. The summed E-state index contributed by atoms with van der Waals surface area (Å²) in [6.07, 6.45) is 3.63. The van der Waals surface area contributed by atoms with Gasteiger partial charge >= 0.3 is 0 Å². The van der Waals surface area contributed by atoms with Crippen molar-refractivity contribution in [1.82, 2.24) is 20.0 Å². The van der Waals surface area contributed by atoms with Crippen molar-refractivity contribution >= 4 is 56.1 Å². The zero-order chi connectivity index (χ0) is 22.1. The fourth-order valence-corrected chi connectivity index (χ4v) is 4.22. The molecule has 2 aromatic heterocycles. The molecule has 0 saturated carbocycles. The van der Waals surface area contributed by atoms with Crippen molar-refractivity contribution in [2.45, 2.75) is 18.9 Å². The number of nitrogen functional groups attached to an aromatic ring is 1. The van der Waals surface area contributed by atoms with Crippen LogP contribution in [0.3, 0.4) is 0 Å². The zero-order valence-electron chi connectivity index (χ0n) is 17.2. The van der Waals surface area contributed by atoms with Crippen LogP contribution in [0, 0.1) is 0 Å². The summed E-state index contributed by atoms with van der Waals surface area (Å²) in [5.41, 5.74) is 9.78. The highest BCUT2D eigenvalue weighted by Gasteiger charge is 2.25. The Hall–Kier alpha value is -3.30. The average Bonchev–Trinajstić information content (AvgIpc) is 3.40. The van der Waals surface area contributed by atoms with Crippen molar-refractivity contribution in [2.24, 2.45) is 5.10 Å². The first kappa shape index (κ1) is 20.6. The first-order valence-corrected chi connectivity index (χ1v) is 11.2. The fourth-order valence-electron chi connectivity index (χ4n) is 3.80. The molecule has 32 heavy (non-hydrogen) atoms. The second kappa shape index (κ2) is 8.68. The minimum atomic E-state index is -0.316. The number of hydrogen-bond donors (Lipinski definition) is 2. The molecule has 8 nitrogen and oxygen atoms in total. The number of benzene rings is 2. The minimum absolute atomic E-state index is 0.0231. The third-order valence-corrected chi connectivity index (χ3v) is 5.88. The summed E-state index contributed by atoms with van der Waals surface area (Å²) in [6, 6.07) is 15.2. The van der Waals surface area contributed by atoms with Gasteiger partial charge in [0.05, 0.1) is 23.4 Å². The number of hydrogen-bond acceptors (Lipinski definition) is 6. The van der Waals surface area contributed by atoms with E-state index in [-0.39, 0.29) is 23.4 Å². The predicted octanol–water partition coefficient (Wildman–Crippen LogP) is 3.72. The Morgan fingerprint density at radius 2 is 2.06 bits per heavy atom. The van der Waals surface area contributed by atoms with E-state index in [9.17, 15) is 4.79 Å². The van der Waals surface area contributed by atoms with Crippen LogP contribution < -0.4 is 11.1 Å². The van der Waals surface area contributed by atoms with E-state index in [1.54, 1.807) is 6.21 Å². The molecule has 0 radical (unpaired) electrons. The fraction of sp³-hybridized carbons (Fsp3) is 0.217. The molecule has 9 heteroatoms. The maximum Gasteiger partial charge on any atom is 0.257 e. The van der Waals surface area contributed by atoms with Crippen LogP contribution in [0.25, 0.3) is 22.2 Å². The zero-order valence-corrected chi connectivity index (χ0v) is 18.7. The van der Waals surface area contributed by atoms with Crippen molar-refractivity contribution in [3.63, 3.8) is 0 Å². The van der Waals surface area contributed by atoms with Crippen molar-refractivity contribution in [3.8, 4) is 0 Å². The quantitative estimate of drug-likeness (QED) is 0.412. The number of nitrogens with one attached hydrogen (secondary N) is 1. The lowest BCUT2D eigenvalue weighted by molar-refractivity contribution is 0.0859. The summed E-state index contributed by atoms with van der Waals surface area (Å²) in [5.74, 6) is -0.129. The van der Waals surface area contributed by atoms with Crippen LogP contribution in [0.15, 0.2) is 58.1 Å². The molecule has 1 amide bonds. The summed E-state index contributed by atoms with van der Waals surface area (Å²) >= 11 is 3.46. The predicted molar refractivity (Wildman–Crippen MR) is 128 cm³/mol. The number of halogens is 1. The number of carbonyl (C=O) groups is 1. The van der Waals surface area contributed by atoms with E-state index in [0.717, 1.165) is 29.5 Å². The molecule has 1 atom stereocenters. The molecule has 162 valence electrons. The number of nitrogens with two attached hydrogens (primary N) is 1. The first-order chi connectivity index (χ1) is 15.6. The third-order valence-electron chi connectivity index (χ3n) is 5.39. The number of para-hydroxylation sites is 2. The minimum Gasteiger partial charge on any atom is -0.383 e. The summed E-state index contributed by atoms with van der Waals surface area (Å²) in [7, 11) is 0. The molecule has 0 bridgehead atoms. The molecule has 1 aliphatic heterocycles. The first-order valence-electron chi connectivity index (χ1n) is 10.4. The number of carbonyl (C=O) groups excluding carboxylic acids is 1. The number of rotatable bonds is 5. The largest absolute Gasteiger partial charge is 0.383 e. The molecule has 3 N–H and O–H groups in total. The Balaban J connectivity index is 1.59. The van der Waals surface area contributed by atoms with Gasteiger partial charge in [-0.1, -0.05) is 40.2 Å². The molecule has 1 fully saturated rings. The Bertz CT molecular complexity index is 1340. The van der Waals surface area contributed by atoms with Gasteiger partial charge in [-0.15, -0.1) is 0 Å². The number of aromatic nitrogens is 3. The van der Waals surface area contributed by atoms with Crippen molar-refractivity contribution in [3.05, 3.63) is 64.1 Å². The lowest BCUT2D eigenvalue weighted by Gasteiger charge is -2.10. The summed E-state index contributed by atoms with van der Waals surface area (Å²) < 4.78 is 8.02. The highest BCUT2D eigenvalue weighted by molar-refractivity contribution is 9.10. The van der Waals surface area contributed by atoms with Gasteiger partial charge in [-0.05, 0) is 42.7 Å². The maximum atomic E-state index is 13.1. The van der Waals surface area contributed by atoms with E-state index in [1.165, 1.54) is 4.68 Å². The van der Waals surface area contributed by atoms with Gasteiger partial charge in [-0.25, -0.2) is 9.97 Å². The van der Waals surface area contributed by atoms with Gasteiger partial charge in [0.1, 0.15) is 16.9 Å². The molecule has 3 heterocycles. The normalized spacial score (nSPS) is 16.3. The Labute approximate surface area is 192 Å². The van der Waals surface area contributed by atoms with Crippen LogP contribution in [0.2, 0.25) is 0 Å². The van der Waals surface area contributed by atoms with E-state index in [2.05, 4.69) is 26.3 Å². The standard InChI is InChI=1S/C23H21BrN6O2/c24-15-6-3-5-14(11-15)12-27-30-21(25)19(23(31)26-13-16-7-4-10-32-16)20-22(30)29-18-9-2-1-8-17(18)28-20/h1-3,5-6,8-9,11-12,16H,4,7,10,13,25H2,(H,26,31)/t16-/m0/s1. The van der Waals surface area contributed by atoms with Gasteiger partial charge < -0.3 is 15.8 Å². The highest BCUT2D eigenvalue weighted by atomic mass is 79.9. The smallest absolute Gasteiger partial charge is 0.257 e. The molecule has 1 saturated heterocycles. The molecule has 0 unspecified atom stereocenters. The lowest BCUT2D eigenvalue weighted by Crippen LogP contribution is -2.32. The second-order valence-corrected chi connectivity index (χ2v) is 8.52. The van der Waals surface area contributed by atoms with Gasteiger partial charge in [0.15, 0.2) is 5.65 Å². The van der Waals surface area contributed by atoms with E-state index in [4.69, 9.17) is 20.4 Å². The summed E-state index contributed by atoms with van der Waals surface area (Å²) in [6.45, 7) is 1.15. The van der Waals surface area contributed by atoms with Crippen LogP contribution in [-0.4, -0.2) is 46.0 Å². The second-order valence-electron chi connectivity index (χ2n) is 7.60. The van der Waals surface area contributed by atoms with Crippen LogP contribution in [0.4, 0.5) is 5.82 Å². The van der Waals surface area contributed by atoms with Crippen LogP contribution in [-0.2, 0) is 4.74 Å². The lowest BCUT2D eigenvalue weighted by atomic mass is 10.2. The van der Waals surface area contributed by atoms with Gasteiger partial charge in [0.25, 0.3) is 5.91 Å². The topological polar surface area (TPSA) is 107 Å². The average molecular weight is 493 g/mol. The monoisotopic (exact) mass is 492 g/mol. The van der Waals surface area contributed by atoms with Crippen LogP contribution in [0.1, 0.15) is 28.8 Å². The SMILES string of the molecule is Nc1c(C(=O)NC[C@@H]2CCCO2)c2nc3ccccc3nc2n1N=Cc1cccc(Br)c1. The molecule has 5 rings (SSSR count). The van der Waals surface area contributed by atoms with Crippen molar-refractivity contribution < 1.29 is 9.53 Å². The van der Waals surface area contributed by atoms with Gasteiger partial charge in [0.2, 0.25) is 0 Å². The Kier molecular flexibility index (Phi) is 5.59. The summed E-state index contributed by atoms with van der Waals surface area (Å²) in [5, 5.41) is 7.46. The van der Waals surface area contributed by atoms with E-state index < -0.39 is 0 Å². The highest BCUT2D eigenvalue weighted by Crippen LogP contribution is 2.28. The number of ether oxygens (including phenoxy) is 1. The third kappa shape index (κ3) is 3.96. The molecular weight excluding hydrogens is 472 g/mol. The van der Waals surface area contributed by atoms with Crippen LogP contribution in [0.5, 0.6) is 0 Å². The van der Waals surface area contributed by atoms with E-state index in [1.807, 2.05) is 48.5 Å². The number of fused-ring (bicyclic) bond motifs is 2. The van der Waals surface area contributed by atoms with E-state index in [0.29, 0.717) is 28.7 Å². The molecule has 0 spiro atoms. The van der Waals surface area contributed by atoms with E-state index >= 15 is 0 Å². The Morgan fingerprint density at radius 1 is 1.25 bits per heavy atom. The number of anilines is 1. The molecule has 4 aromatic rings.